The first kappa shape index (κ1) is 10.9. The highest BCUT2D eigenvalue weighted by atomic mass is 35.5. The SMILES string of the molecule is CCc1cccc(Cl)c1CCCCl. The number of hydrogen-bond donors (Lipinski definition) is 0. The maximum absolute atomic E-state index is 6.10. The minimum atomic E-state index is 0.703. The number of benzene rings is 1. The van der Waals surface area contributed by atoms with E-state index in [1.807, 2.05) is 12.1 Å². The summed E-state index contributed by atoms with van der Waals surface area (Å²) < 4.78 is 0. The van der Waals surface area contributed by atoms with Crippen molar-refractivity contribution in [1.82, 2.24) is 0 Å². The summed E-state index contributed by atoms with van der Waals surface area (Å²) in [4.78, 5) is 0. The highest BCUT2D eigenvalue weighted by Crippen LogP contribution is 2.22. The van der Waals surface area contributed by atoms with Crippen LogP contribution in [0.1, 0.15) is 24.5 Å². The molecule has 13 heavy (non-hydrogen) atoms. The van der Waals surface area contributed by atoms with E-state index in [0.717, 1.165) is 24.3 Å². The molecule has 1 aromatic carbocycles. The molecule has 0 atom stereocenters. The van der Waals surface area contributed by atoms with Crippen molar-refractivity contribution in [3.8, 4) is 0 Å². The van der Waals surface area contributed by atoms with E-state index < -0.39 is 0 Å². The molecule has 0 bridgehead atoms. The van der Waals surface area contributed by atoms with Crippen molar-refractivity contribution in [2.45, 2.75) is 26.2 Å². The standard InChI is InChI=1S/C11H14Cl2/c1-2-9-5-3-7-11(13)10(9)6-4-8-12/h3,5,7H,2,4,6,8H2,1H3. The minimum Gasteiger partial charge on any atom is -0.127 e. The zero-order valence-corrected chi connectivity index (χ0v) is 9.33. The van der Waals surface area contributed by atoms with E-state index in [9.17, 15) is 0 Å². The van der Waals surface area contributed by atoms with Crippen LogP contribution in [0.5, 0.6) is 0 Å². The van der Waals surface area contributed by atoms with Gasteiger partial charge in [-0.15, -0.1) is 11.6 Å². The predicted octanol–water partition coefficient (Wildman–Crippen LogP) is 4.07. The lowest BCUT2D eigenvalue weighted by Gasteiger charge is -2.08. The third-order valence-corrected chi connectivity index (χ3v) is 2.78. The summed E-state index contributed by atoms with van der Waals surface area (Å²) >= 11 is 11.8. The molecule has 0 spiro atoms. The van der Waals surface area contributed by atoms with Crippen LogP contribution in [-0.2, 0) is 12.8 Å². The van der Waals surface area contributed by atoms with Crippen LogP contribution in [-0.4, -0.2) is 5.88 Å². The van der Waals surface area contributed by atoms with Gasteiger partial charge < -0.3 is 0 Å². The Labute approximate surface area is 89.9 Å². The summed E-state index contributed by atoms with van der Waals surface area (Å²) in [6.45, 7) is 2.15. The summed E-state index contributed by atoms with van der Waals surface area (Å²) in [5, 5.41) is 0.879. The summed E-state index contributed by atoms with van der Waals surface area (Å²) in [7, 11) is 0. The molecule has 0 aliphatic rings. The fourth-order valence-corrected chi connectivity index (χ4v) is 1.88. The van der Waals surface area contributed by atoms with Crippen LogP contribution in [0.15, 0.2) is 18.2 Å². The maximum Gasteiger partial charge on any atom is 0.0440 e. The summed E-state index contributed by atoms with van der Waals surface area (Å²) in [6.07, 6.45) is 3.03. The molecule has 0 aliphatic heterocycles. The molecule has 0 aromatic heterocycles. The molecule has 1 rings (SSSR count). The second-order valence-electron chi connectivity index (χ2n) is 3.02. The molecule has 0 saturated heterocycles. The fourth-order valence-electron chi connectivity index (χ4n) is 1.46. The summed E-state index contributed by atoms with van der Waals surface area (Å²) in [5.74, 6) is 0.703. The van der Waals surface area contributed by atoms with Gasteiger partial charge in [0, 0.05) is 10.9 Å². The maximum atomic E-state index is 6.10. The normalized spacial score (nSPS) is 10.4. The van der Waals surface area contributed by atoms with Gasteiger partial charge in [0.05, 0.1) is 0 Å². The van der Waals surface area contributed by atoms with Crippen LogP contribution in [0.3, 0.4) is 0 Å². The van der Waals surface area contributed by atoms with Crippen LogP contribution in [0.2, 0.25) is 5.02 Å². The zero-order valence-electron chi connectivity index (χ0n) is 7.82. The molecule has 0 unspecified atom stereocenters. The number of halogens is 2. The lowest BCUT2D eigenvalue weighted by Crippen LogP contribution is -1.94. The molecule has 0 radical (unpaired) electrons. The largest absolute Gasteiger partial charge is 0.127 e. The first-order valence-electron chi connectivity index (χ1n) is 4.61. The van der Waals surface area contributed by atoms with Gasteiger partial charge in [0.25, 0.3) is 0 Å². The third-order valence-electron chi connectivity index (χ3n) is 2.16. The molecule has 1 aromatic rings. The molecular weight excluding hydrogens is 203 g/mol. The molecule has 0 amide bonds. The summed E-state index contributed by atoms with van der Waals surface area (Å²) in [6, 6.07) is 6.09. The molecular formula is C11H14Cl2. The van der Waals surface area contributed by atoms with Crippen molar-refractivity contribution in [1.29, 1.82) is 0 Å². The van der Waals surface area contributed by atoms with Gasteiger partial charge >= 0.3 is 0 Å². The van der Waals surface area contributed by atoms with Crippen LogP contribution in [0, 0.1) is 0 Å². The van der Waals surface area contributed by atoms with Gasteiger partial charge in [0.1, 0.15) is 0 Å². The lowest BCUT2D eigenvalue weighted by molar-refractivity contribution is 0.905. The van der Waals surface area contributed by atoms with E-state index >= 15 is 0 Å². The van der Waals surface area contributed by atoms with Crippen molar-refractivity contribution in [3.63, 3.8) is 0 Å². The number of alkyl halides is 1. The zero-order chi connectivity index (χ0) is 9.68. The quantitative estimate of drug-likeness (QED) is 0.666. The highest BCUT2D eigenvalue weighted by Gasteiger charge is 2.04. The van der Waals surface area contributed by atoms with E-state index in [2.05, 4.69) is 13.0 Å². The molecule has 0 fully saturated rings. The van der Waals surface area contributed by atoms with Crippen molar-refractivity contribution >= 4 is 23.2 Å². The average Bonchev–Trinajstić information content (AvgIpc) is 2.15. The Morgan fingerprint density at radius 3 is 2.69 bits per heavy atom. The predicted molar refractivity (Wildman–Crippen MR) is 59.9 cm³/mol. The number of hydrogen-bond acceptors (Lipinski definition) is 0. The molecule has 2 heteroatoms. The van der Waals surface area contributed by atoms with E-state index in [4.69, 9.17) is 23.2 Å². The summed E-state index contributed by atoms with van der Waals surface area (Å²) in [5.41, 5.74) is 2.62. The van der Waals surface area contributed by atoms with Crippen molar-refractivity contribution in [2.75, 3.05) is 5.88 Å². The van der Waals surface area contributed by atoms with Crippen molar-refractivity contribution < 1.29 is 0 Å². The van der Waals surface area contributed by atoms with Gasteiger partial charge in [-0.05, 0) is 36.5 Å². The lowest BCUT2D eigenvalue weighted by atomic mass is 10.0. The van der Waals surface area contributed by atoms with Crippen LogP contribution in [0.25, 0.3) is 0 Å². The first-order valence-corrected chi connectivity index (χ1v) is 5.53. The third kappa shape index (κ3) is 2.89. The Morgan fingerprint density at radius 2 is 2.08 bits per heavy atom. The Kier molecular flexibility index (Phi) is 4.61. The van der Waals surface area contributed by atoms with Gasteiger partial charge in [-0.3, -0.25) is 0 Å². The van der Waals surface area contributed by atoms with E-state index in [1.54, 1.807) is 0 Å². The van der Waals surface area contributed by atoms with Gasteiger partial charge in [-0.1, -0.05) is 30.7 Å². The Bertz CT molecular complexity index is 269. The second kappa shape index (κ2) is 5.51. The minimum absolute atomic E-state index is 0.703. The fraction of sp³-hybridized carbons (Fsp3) is 0.455. The van der Waals surface area contributed by atoms with Crippen LogP contribution < -0.4 is 0 Å². The Hall–Kier alpha value is -0.200. The van der Waals surface area contributed by atoms with Gasteiger partial charge in [0.2, 0.25) is 0 Å². The average molecular weight is 217 g/mol. The molecule has 0 heterocycles. The van der Waals surface area contributed by atoms with Crippen molar-refractivity contribution in [2.24, 2.45) is 0 Å². The van der Waals surface area contributed by atoms with E-state index in [-0.39, 0.29) is 0 Å². The number of aryl methyl sites for hydroxylation is 1. The smallest absolute Gasteiger partial charge is 0.0440 e. The van der Waals surface area contributed by atoms with Crippen LogP contribution in [0.4, 0.5) is 0 Å². The van der Waals surface area contributed by atoms with E-state index in [0.29, 0.717) is 5.88 Å². The number of rotatable bonds is 4. The highest BCUT2D eigenvalue weighted by molar-refractivity contribution is 6.31. The molecule has 0 aliphatic carbocycles. The topological polar surface area (TPSA) is 0 Å². The van der Waals surface area contributed by atoms with Gasteiger partial charge in [-0.25, -0.2) is 0 Å². The molecule has 0 N–H and O–H groups in total. The monoisotopic (exact) mass is 216 g/mol. The van der Waals surface area contributed by atoms with Gasteiger partial charge in [-0.2, -0.15) is 0 Å². The Morgan fingerprint density at radius 1 is 1.31 bits per heavy atom. The Balaban J connectivity index is 2.87. The van der Waals surface area contributed by atoms with E-state index in [1.165, 1.54) is 11.1 Å². The molecule has 0 saturated carbocycles. The second-order valence-corrected chi connectivity index (χ2v) is 3.81. The van der Waals surface area contributed by atoms with Crippen molar-refractivity contribution in [3.05, 3.63) is 34.3 Å². The molecule has 72 valence electrons. The van der Waals surface area contributed by atoms with Crippen LogP contribution >= 0.6 is 23.2 Å². The van der Waals surface area contributed by atoms with Gasteiger partial charge in [0.15, 0.2) is 0 Å². The molecule has 0 nitrogen and oxygen atoms in total. The first-order chi connectivity index (χ1) is 6.29.